The van der Waals surface area contributed by atoms with E-state index in [2.05, 4.69) is 34.3 Å². The number of carbonyl (C=O) groups excluding carboxylic acids is 2. The molecule has 0 aliphatic carbocycles. The van der Waals surface area contributed by atoms with Gasteiger partial charge in [0.05, 0.1) is 11.1 Å². The van der Waals surface area contributed by atoms with E-state index in [1.165, 1.54) is 11.8 Å². The van der Waals surface area contributed by atoms with Gasteiger partial charge in [-0.05, 0) is 31.0 Å². The number of piperazine rings is 1. The molecule has 1 aromatic heterocycles. The first kappa shape index (κ1) is 20.0. The molecular formula is C22H28N4O2. The monoisotopic (exact) mass is 380 g/mol. The summed E-state index contributed by atoms with van der Waals surface area (Å²) in [5.41, 5.74) is 2.16. The second kappa shape index (κ2) is 9.99. The lowest BCUT2D eigenvalue weighted by atomic mass is 10.1. The highest BCUT2D eigenvalue weighted by molar-refractivity contribution is 5.99. The van der Waals surface area contributed by atoms with Gasteiger partial charge in [-0.1, -0.05) is 37.3 Å². The van der Waals surface area contributed by atoms with Crippen molar-refractivity contribution in [2.75, 3.05) is 39.3 Å². The third-order valence-corrected chi connectivity index (χ3v) is 5.12. The highest BCUT2D eigenvalue weighted by Crippen LogP contribution is 2.10. The number of carbonyl (C=O) groups is 2. The van der Waals surface area contributed by atoms with Crippen LogP contribution in [-0.2, 0) is 6.42 Å². The predicted octanol–water partition coefficient (Wildman–Crippen LogP) is 2.22. The number of aryl methyl sites for hydroxylation is 1. The van der Waals surface area contributed by atoms with Crippen molar-refractivity contribution in [3.63, 3.8) is 0 Å². The Labute approximate surface area is 166 Å². The Morgan fingerprint density at radius 3 is 2.46 bits per heavy atom. The fourth-order valence-corrected chi connectivity index (χ4v) is 3.37. The van der Waals surface area contributed by atoms with Crippen LogP contribution in [0, 0.1) is 0 Å². The van der Waals surface area contributed by atoms with Crippen LogP contribution in [0.15, 0.2) is 48.8 Å². The quantitative estimate of drug-likeness (QED) is 0.748. The van der Waals surface area contributed by atoms with Gasteiger partial charge in [-0.15, -0.1) is 0 Å². The summed E-state index contributed by atoms with van der Waals surface area (Å²) in [4.78, 5) is 33.4. The first-order valence-corrected chi connectivity index (χ1v) is 9.96. The van der Waals surface area contributed by atoms with Gasteiger partial charge in [0.25, 0.3) is 11.8 Å². The van der Waals surface area contributed by atoms with E-state index in [-0.39, 0.29) is 11.8 Å². The molecule has 2 amide bonds. The summed E-state index contributed by atoms with van der Waals surface area (Å²) in [6, 6.07) is 11.8. The standard InChI is InChI=1S/C22H28N4O2/c1-2-25-11-13-26(14-12-25)22(28)20-15-19(16-23-17-20)21(27)24-10-6-9-18-7-4-3-5-8-18/h3-5,7-8,15-17H,2,6,9-14H2,1H3,(H,24,27). The molecule has 148 valence electrons. The van der Waals surface area contributed by atoms with Gasteiger partial charge in [0, 0.05) is 45.1 Å². The lowest BCUT2D eigenvalue weighted by molar-refractivity contribution is 0.0643. The molecule has 1 aliphatic heterocycles. The highest BCUT2D eigenvalue weighted by atomic mass is 16.2. The maximum Gasteiger partial charge on any atom is 0.255 e. The Bertz CT molecular complexity index is 786. The van der Waals surface area contributed by atoms with E-state index in [9.17, 15) is 9.59 Å². The molecule has 0 radical (unpaired) electrons. The summed E-state index contributed by atoms with van der Waals surface area (Å²) in [7, 11) is 0. The zero-order chi connectivity index (χ0) is 19.8. The van der Waals surface area contributed by atoms with Crippen LogP contribution in [0.4, 0.5) is 0 Å². The molecule has 1 aliphatic rings. The van der Waals surface area contributed by atoms with Crippen molar-refractivity contribution in [1.82, 2.24) is 20.1 Å². The molecule has 0 saturated carbocycles. The number of aromatic nitrogens is 1. The first-order valence-electron chi connectivity index (χ1n) is 9.96. The molecule has 0 spiro atoms. The summed E-state index contributed by atoms with van der Waals surface area (Å²) in [5, 5.41) is 2.92. The van der Waals surface area contributed by atoms with Gasteiger partial charge < -0.3 is 15.1 Å². The van der Waals surface area contributed by atoms with E-state index in [0.29, 0.717) is 30.8 Å². The summed E-state index contributed by atoms with van der Waals surface area (Å²) < 4.78 is 0. The van der Waals surface area contributed by atoms with Crippen LogP contribution in [-0.4, -0.2) is 65.9 Å². The Balaban J connectivity index is 1.50. The van der Waals surface area contributed by atoms with Crippen molar-refractivity contribution in [3.05, 3.63) is 65.5 Å². The zero-order valence-electron chi connectivity index (χ0n) is 16.4. The Hall–Kier alpha value is -2.73. The van der Waals surface area contributed by atoms with Crippen molar-refractivity contribution in [2.24, 2.45) is 0 Å². The van der Waals surface area contributed by atoms with Crippen molar-refractivity contribution in [2.45, 2.75) is 19.8 Å². The van der Waals surface area contributed by atoms with Crippen LogP contribution >= 0.6 is 0 Å². The fraction of sp³-hybridized carbons (Fsp3) is 0.409. The molecule has 28 heavy (non-hydrogen) atoms. The van der Waals surface area contributed by atoms with Gasteiger partial charge in [0.1, 0.15) is 0 Å². The fourth-order valence-electron chi connectivity index (χ4n) is 3.37. The summed E-state index contributed by atoms with van der Waals surface area (Å²) in [6.45, 7) is 6.91. The van der Waals surface area contributed by atoms with Crippen LogP contribution in [0.25, 0.3) is 0 Å². The first-order chi connectivity index (χ1) is 13.7. The molecule has 0 bridgehead atoms. The molecule has 1 fully saturated rings. The smallest absolute Gasteiger partial charge is 0.255 e. The molecule has 3 rings (SSSR count). The third kappa shape index (κ3) is 5.39. The number of hydrogen-bond acceptors (Lipinski definition) is 4. The molecular weight excluding hydrogens is 352 g/mol. The minimum atomic E-state index is -0.189. The predicted molar refractivity (Wildman–Crippen MR) is 109 cm³/mol. The van der Waals surface area contributed by atoms with Crippen LogP contribution < -0.4 is 5.32 Å². The average molecular weight is 380 g/mol. The number of likely N-dealkylation sites (N-methyl/N-ethyl adjacent to an activating group) is 1. The van der Waals surface area contributed by atoms with E-state index < -0.39 is 0 Å². The van der Waals surface area contributed by atoms with E-state index in [1.807, 2.05) is 23.1 Å². The lowest BCUT2D eigenvalue weighted by Crippen LogP contribution is -2.48. The summed E-state index contributed by atoms with van der Waals surface area (Å²) in [5.74, 6) is -0.243. The molecule has 1 N–H and O–H groups in total. The van der Waals surface area contributed by atoms with Gasteiger partial charge in [-0.2, -0.15) is 0 Å². The maximum atomic E-state index is 12.7. The molecule has 6 nitrogen and oxygen atoms in total. The number of amides is 2. The van der Waals surface area contributed by atoms with Crippen molar-refractivity contribution < 1.29 is 9.59 Å². The van der Waals surface area contributed by atoms with Crippen molar-refractivity contribution >= 4 is 11.8 Å². The molecule has 1 aromatic carbocycles. The molecule has 2 aromatic rings. The number of nitrogens with zero attached hydrogens (tertiary/aromatic N) is 3. The normalized spacial score (nSPS) is 14.7. The second-order valence-corrected chi connectivity index (χ2v) is 7.03. The minimum absolute atomic E-state index is 0.0537. The molecule has 2 heterocycles. The Kier molecular flexibility index (Phi) is 7.14. The van der Waals surface area contributed by atoms with E-state index in [1.54, 1.807) is 12.3 Å². The average Bonchev–Trinajstić information content (AvgIpc) is 2.77. The largest absolute Gasteiger partial charge is 0.352 e. The van der Waals surface area contributed by atoms with Crippen LogP contribution in [0.2, 0.25) is 0 Å². The lowest BCUT2D eigenvalue weighted by Gasteiger charge is -2.34. The molecule has 1 saturated heterocycles. The topological polar surface area (TPSA) is 65.5 Å². The molecule has 6 heteroatoms. The zero-order valence-corrected chi connectivity index (χ0v) is 16.4. The van der Waals surface area contributed by atoms with Crippen LogP contribution in [0.3, 0.4) is 0 Å². The van der Waals surface area contributed by atoms with Crippen molar-refractivity contribution in [1.29, 1.82) is 0 Å². The van der Waals surface area contributed by atoms with Gasteiger partial charge in [0.2, 0.25) is 0 Å². The number of nitrogens with one attached hydrogen (secondary N) is 1. The Morgan fingerprint density at radius 2 is 1.75 bits per heavy atom. The van der Waals surface area contributed by atoms with Gasteiger partial charge >= 0.3 is 0 Å². The Morgan fingerprint density at radius 1 is 1.04 bits per heavy atom. The summed E-state index contributed by atoms with van der Waals surface area (Å²) >= 11 is 0. The number of benzene rings is 1. The summed E-state index contributed by atoms with van der Waals surface area (Å²) in [6.07, 6.45) is 4.84. The van der Waals surface area contributed by atoms with E-state index in [0.717, 1.165) is 32.5 Å². The SMILES string of the molecule is CCN1CCN(C(=O)c2cncc(C(=O)NCCCc3ccccc3)c2)CC1. The highest BCUT2D eigenvalue weighted by Gasteiger charge is 2.22. The van der Waals surface area contributed by atoms with Crippen LogP contribution in [0.1, 0.15) is 39.6 Å². The molecule has 0 atom stereocenters. The van der Waals surface area contributed by atoms with Gasteiger partial charge in [-0.3, -0.25) is 14.6 Å². The van der Waals surface area contributed by atoms with Crippen molar-refractivity contribution in [3.8, 4) is 0 Å². The molecule has 0 unspecified atom stereocenters. The second-order valence-electron chi connectivity index (χ2n) is 7.03. The van der Waals surface area contributed by atoms with Crippen LogP contribution in [0.5, 0.6) is 0 Å². The van der Waals surface area contributed by atoms with Gasteiger partial charge in [-0.25, -0.2) is 0 Å². The minimum Gasteiger partial charge on any atom is -0.352 e. The van der Waals surface area contributed by atoms with E-state index >= 15 is 0 Å². The third-order valence-electron chi connectivity index (χ3n) is 5.12. The van der Waals surface area contributed by atoms with Gasteiger partial charge in [0.15, 0.2) is 0 Å². The maximum absolute atomic E-state index is 12.7. The number of pyridine rings is 1. The number of hydrogen-bond donors (Lipinski definition) is 1. The number of rotatable bonds is 7. The van der Waals surface area contributed by atoms with E-state index in [4.69, 9.17) is 0 Å².